The molecule has 2 aliphatic rings. The number of nitrogens with zero attached hydrogens (tertiary/aromatic N) is 2. The minimum atomic E-state index is -0.0424. The molecule has 5 nitrogen and oxygen atoms in total. The average Bonchev–Trinajstić information content (AvgIpc) is 3.07. The van der Waals surface area contributed by atoms with Crippen LogP contribution in [0.3, 0.4) is 0 Å². The predicted octanol–water partition coefficient (Wildman–Crippen LogP) is 1.98. The van der Waals surface area contributed by atoms with E-state index in [0.717, 1.165) is 38.4 Å². The second-order valence-electron chi connectivity index (χ2n) is 5.77. The zero-order valence-electron chi connectivity index (χ0n) is 12.4. The number of pyridine rings is 1. The van der Waals surface area contributed by atoms with E-state index in [1.54, 1.807) is 6.20 Å². The lowest BCUT2D eigenvalue weighted by molar-refractivity contribution is 0.0858. The predicted molar refractivity (Wildman–Crippen MR) is 81.6 cm³/mol. The highest BCUT2D eigenvalue weighted by atomic mass is 16.5. The number of hydrogen-bond donors (Lipinski definition) is 1. The lowest BCUT2D eigenvalue weighted by atomic mass is 10.1. The number of anilines is 1. The third kappa shape index (κ3) is 3.53. The number of ether oxygens (including phenoxy) is 1. The van der Waals surface area contributed by atoms with E-state index < -0.39 is 0 Å². The number of carbonyl (C=O) groups excluding carboxylic acids is 1. The Morgan fingerprint density at radius 1 is 1.33 bits per heavy atom. The first-order chi connectivity index (χ1) is 10.3. The Kier molecular flexibility index (Phi) is 4.70. The molecule has 1 unspecified atom stereocenters. The third-order valence-corrected chi connectivity index (χ3v) is 4.20. The SMILES string of the molecule is O=C(NCC1CCCO1)c1cccnc1N1CCCCC1. The summed E-state index contributed by atoms with van der Waals surface area (Å²) in [5, 5.41) is 2.99. The van der Waals surface area contributed by atoms with Gasteiger partial charge in [-0.05, 0) is 44.2 Å². The van der Waals surface area contributed by atoms with Crippen LogP contribution in [0.25, 0.3) is 0 Å². The fraction of sp³-hybridized carbons (Fsp3) is 0.625. The Labute approximate surface area is 125 Å². The zero-order valence-corrected chi connectivity index (χ0v) is 12.4. The van der Waals surface area contributed by atoms with Crippen molar-refractivity contribution in [3.05, 3.63) is 23.9 Å². The van der Waals surface area contributed by atoms with Gasteiger partial charge in [0.15, 0.2) is 0 Å². The minimum absolute atomic E-state index is 0.0424. The molecule has 1 aromatic rings. The molecule has 2 fully saturated rings. The summed E-state index contributed by atoms with van der Waals surface area (Å²) >= 11 is 0. The third-order valence-electron chi connectivity index (χ3n) is 4.20. The van der Waals surface area contributed by atoms with Gasteiger partial charge in [-0.25, -0.2) is 4.98 Å². The molecule has 0 aliphatic carbocycles. The van der Waals surface area contributed by atoms with Gasteiger partial charge >= 0.3 is 0 Å². The Bertz CT molecular complexity index is 480. The highest BCUT2D eigenvalue weighted by molar-refractivity contribution is 5.98. The Morgan fingerprint density at radius 2 is 2.19 bits per heavy atom. The molecular formula is C16H23N3O2. The summed E-state index contributed by atoms with van der Waals surface area (Å²) in [7, 11) is 0. The minimum Gasteiger partial charge on any atom is -0.376 e. The van der Waals surface area contributed by atoms with Crippen LogP contribution in [0.15, 0.2) is 18.3 Å². The van der Waals surface area contributed by atoms with E-state index >= 15 is 0 Å². The summed E-state index contributed by atoms with van der Waals surface area (Å²) in [6.45, 7) is 3.38. The highest BCUT2D eigenvalue weighted by Gasteiger charge is 2.21. The van der Waals surface area contributed by atoms with Gasteiger partial charge in [0, 0.05) is 32.4 Å². The number of rotatable bonds is 4. The Hall–Kier alpha value is -1.62. The van der Waals surface area contributed by atoms with Gasteiger partial charge in [0.1, 0.15) is 5.82 Å². The summed E-state index contributed by atoms with van der Waals surface area (Å²) in [4.78, 5) is 19.1. The van der Waals surface area contributed by atoms with Crippen molar-refractivity contribution < 1.29 is 9.53 Å². The van der Waals surface area contributed by atoms with Crippen LogP contribution in [0.2, 0.25) is 0 Å². The van der Waals surface area contributed by atoms with Crippen molar-refractivity contribution >= 4 is 11.7 Å². The first-order valence-electron chi connectivity index (χ1n) is 7.94. The molecule has 2 aliphatic heterocycles. The van der Waals surface area contributed by atoms with Gasteiger partial charge in [0.2, 0.25) is 0 Å². The summed E-state index contributed by atoms with van der Waals surface area (Å²) in [6.07, 6.45) is 7.67. The van der Waals surface area contributed by atoms with Crippen molar-refractivity contribution in [3.63, 3.8) is 0 Å². The zero-order chi connectivity index (χ0) is 14.5. The topological polar surface area (TPSA) is 54.5 Å². The molecule has 21 heavy (non-hydrogen) atoms. The summed E-state index contributed by atoms with van der Waals surface area (Å²) in [5.74, 6) is 0.779. The summed E-state index contributed by atoms with van der Waals surface area (Å²) < 4.78 is 5.55. The van der Waals surface area contributed by atoms with Crippen molar-refractivity contribution in [2.45, 2.75) is 38.2 Å². The van der Waals surface area contributed by atoms with Gasteiger partial charge in [0.05, 0.1) is 11.7 Å². The fourth-order valence-corrected chi connectivity index (χ4v) is 3.04. The first kappa shape index (κ1) is 14.3. The average molecular weight is 289 g/mol. The monoisotopic (exact) mass is 289 g/mol. The lowest BCUT2D eigenvalue weighted by Crippen LogP contribution is -2.35. The van der Waals surface area contributed by atoms with Crippen molar-refractivity contribution in [1.82, 2.24) is 10.3 Å². The quantitative estimate of drug-likeness (QED) is 0.921. The number of aromatic nitrogens is 1. The smallest absolute Gasteiger partial charge is 0.255 e. The molecule has 0 saturated carbocycles. The molecule has 0 bridgehead atoms. The second kappa shape index (κ2) is 6.89. The molecule has 1 aromatic heterocycles. The number of hydrogen-bond acceptors (Lipinski definition) is 4. The largest absolute Gasteiger partial charge is 0.376 e. The van der Waals surface area contributed by atoms with Crippen LogP contribution in [0.4, 0.5) is 5.82 Å². The maximum atomic E-state index is 12.4. The van der Waals surface area contributed by atoms with E-state index in [2.05, 4.69) is 15.2 Å². The van der Waals surface area contributed by atoms with Crippen molar-refractivity contribution in [3.8, 4) is 0 Å². The maximum Gasteiger partial charge on any atom is 0.255 e. The standard InChI is InChI=1S/C16H23N3O2/c20-16(18-12-13-6-5-11-21-13)14-7-4-8-17-15(14)19-9-2-1-3-10-19/h4,7-8,13H,1-3,5-6,9-12H2,(H,18,20). The van der Waals surface area contributed by atoms with E-state index in [4.69, 9.17) is 4.74 Å². The Morgan fingerprint density at radius 3 is 2.95 bits per heavy atom. The van der Waals surface area contributed by atoms with Crippen LogP contribution < -0.4 is 10.2 Å². The van der Waals surface area contributed by atoms with Crippen LogP contribution in [0.1, 0.15) is 42.5 Å². The number of piperidine rings is 1. The molecule has 0 aromatic carbocycles. The molecule has 5 heteroatoms. The molecule has 1 atom stereocenters. The van der Waals surface area contributed by atoms with Crippen molar-refractivity contribution in [2.24, 2.45) is 0 Å². The normalized spacial score (nSPS) is 22.3. The first-order valence-corrected chi connectivity index (χ1v) is 7.94. The lowest BCUT2D eigenvalue weighted by Gasteiger charge is -2.29. The molecule has 3 rings (SSSR count). The van der Waals surface area contributed by atoms with Gasteiger partial charge in [-0.15, -0.1) is 0 Å². The molecule has 1 amide bonds. The van der Waals surface area contributed by atoms with Crippen LogP contribution >= 0.6 is 0 Å². The van der Waals surface area contributed by atoms with E-state index in [1.165, 1.54) is 19.3 Å². The van der Waals surface area contributed by atoms with Gasteiger partial charge in [-0.1, -0.05) is 0 Å². The number of amides is 1. The van der Waals surface area contributed by atoms with E-state index in [0.29, 0.717) is 12.1 Å². The van der Waals surface area contributed by atoms with Gasteiger partial charge in [-0.2, -0.15) is 0 Å². The fourth-order valence-electron chi connectivity index (χ4n) is 3.04. The molecule has 1 N–H and O–H groups in total. The molecule has 2 saturated heterocycles. The van der Waals surface area contributed by atoms with E-state index in [1.807, 2.05) is 12.1 Å². The van der Waals surface area contributed by atoms with Gasteiger partial charge in [-0.3, -0.25) is 4.79 Å². The molecule has 114 valence electrons. The van der Waals surface area contributed by atoms with Crippen LogP contribution in [0, 0.1) is 0 Å². The van der Waals surface area contributed by atoms with Gasteiger partial charge in [0.25, 0.3) is 5.91 Å². The number of nitrogens with one attached hydrogen (secondary N) is 1. The molecular weight excluding hydrogens is 266 g/mol. The maximum absolute atomic E-state index is 12.4. The molecule has 0 spiro atoms. The highest BCUT2D eigenvalue weighted by Crippen LogP contribution is 2.21. The number of carbonyl (C=O) groups is 1. The van der Waals surface area contributed by atoms with Crippen LogP contribution in [-0.4, -0.2) is 43.2 Å². The summed E-state index contributed by atoms with van der Waals surface area (Å²) in [6, 6.07) is 3.69. The van der Waals surface area contributed by atoms with Gasteiger partial charge < -0.3 is 15.0 Å². The van der Waals surface area contributed by atoms with Crippen LogP contribution in [-0.2, 0) is 4.74 Å². The van der Waals surface area contributed by atoms with Crippen LogP contribution in [0.5, 0.6) is 0 Å². The van der Waals surface area contributed by atoms with Crippen molar-refractivity contribution in [2.75, 3.05) is 31.1 Å². The molecule has 3 heterocycles. The Balaban J connectivity index is 1.66. The second-order valence-corrected chi connectivity index (χ2v) is 5.77. The van der Waals surface area contributed by atoms with Crippen molar-refractivity contribution in [1.29, 1.82) is 0 Å². The molecule has 0 radical (unpaired) electrons. The van der Waals surface area contributed by atoms with E-state index in [-0.39, 0.29) is 12.0 Å². The van der Waals surface area contributed by atoms with E-state index in [9.17, 15) is 4.79 Å². The summed E-state index contributed by atoms with van der Waals surface area (Å²) in [5.41, 5.74) is 0.678.